The summed E-state index contributed by atoms with van der Waals surface area (Å²) in [6.07, 6.45) is 0. The number of hydrogen-bond acceptors (Lipinski definition) is 2. The van der Waals surface area contributed by atoms with Gasteiger partial charge in [0.1, 0.15) is 5.75 Å². The molecule has 2 rings (SSSR count). The number of benzene rings is 2. The SMILES string of the molecule is CCOc1ccc(Br)cc1CNC(C)c1ccccc1. The number of hydrogen-bond donors (Lipinski definition) is 1. The van der Waals surface area contributed by atoms with Crippen molar-refractivity contribution in [3.8, 4) is 5.75 Å². The summed E-state index contributed by atoms with van der Waals surface area (Å²) in [5.74, 6) is 0.948. The van der Waals surface area contributed by atoms with Crippen LogP contribution < -0.4 is 10.1 Å². The predicted octanol–water partition coefficient (Wildman–Crippen LogP) is 4.70. The van der Waals surface area contributed by atoms with Gasteiger partial charge in [0.05, 0.1) is 6.61 Å². The largest absolute Gasteiger partial charge is 0.494 e. The van der Waals surface area contributed by atoms with Crippen LogP contribution in [-0.4, -0.2) is 6.61 Å². The van der Waals surface area contributed by atoms with Crippen molar-refractivity contribution in [1.82, 2.24) is 5.32 Å². The summed E-state index contributed by atoms with van der Waals surface area (Å²) in [5, 5.41) is 3.54. The first-order chi connectivity index (χ1) is 9.70. The Morgan fingerprint density at radius 1 is 1.15 bits per heavy atom. The molecule has 2 aromatic carbocycles. The lowest BCUT2D eigenvalue weighted by Crippen LogP contribution is -2.18. The standard InChI is InChI=1S/C17H20BrNO/c1-3-20-17-10-9-16(18)11-15(17)12-19-13(2)14-7-5-4-6-8-14/h4-11,13,19H,3,12H2,1-2H3. The lowest BCUT2D eigenvalue weighted by atomic mass is 10.1. The van der Waals surface area contributed by atoms with E-state index in [1.54, 1.807) is 0 Å². The number of halogens is 1. The van der Waals surface area contributed by atoms with Crippen LogP contribution in [0.1, 0.15) is 31.0 Å². The minimum absolute atomic E-state index is 0.310. The van der Waals surface area contributed by atoms with E-state index in [0.717, 1.165) is 16.8 Å². The zero-order valence-corrected chi connectivity index (χ0v) is 13.5. The quantitative estimate of drug-likeness (QED) is 0.827. The second-order valence-corrected chi connectivity index (χ2v) is 5.61. The topological polar surface area (TPSA) is 21.3 Å². The molecular formula is C17H20BrNO. The van der Waals surface area contributed by atoms with Crippen LogP contribution >= 0.6 is 15.9 Å². The van der Waals surface area contributed by atoms with Gasteiger partial charge in [0, 0.05) is 22.6 Å². The van der Waals surface area contributed by atoms with E-state index < -0.39 is 0 Å². The van der Waals surface area contributed by atoms with Gasteiger partial charge >= 0.3 is 0 Å². The third-order valence-electron chi connectivity index (χ3n) is 3.22. The van der Waals surface area contributed by atoms with Crippen molar-refractivity contribution >= 4 is 15.9 Å². The summed E-state index contributed by atoms with van der Waals surface area (Å²) in [4.78, 5) is 0. The Bertz CT molecular complexity index is 542. The molecule has 1 atom stereocenters. The molecule has 0 heterocycles. The minimum Gasteiger partial charge on any atom is -0.494 e. The number of nitrogens with one attached hydrogen (secondary N) is 1. The summed E-state index contributed by atoms with van der Waals surface area (Å²) in [7, 11) is 0. The highest BCUT2D eigenvalue weighted by Gasteiger charge is 2.08. The van der Waals surface area contributed by atoms with Gasteiger partial charge in [0.2, 0.25) is 0 Å². The molecule has 0 fully saturated rings. The van der Waals surface area contributed by atoms with Crippen molar-refractivity contribution in [3.63, 3.8) is 0 Å². The van der Waals surface area contributed by atoms with E-state index in [9.17, 15) is 0 Å². The molecule has 0 spiro atoms. The first-order valence-electron chi connectivity index (χ1n) is 6.90. The Morgan fingerprint density at radius 3 is 2.60 bits per heavy atom. The third kappa shape index (κ3) is 4.09. The Kier molecular flexibility index (Phi) is 5.62. The van der Waals surface area contributed by atoms with Crippen molar-refractivity contribution in [2.24, 2.45) is 0 Å². The Balaban J connectivity index is 2.05. The molecule has 1 N–H and O–H groups in total. The van der Waals surface area contributed by atoms with E-state index in [-0.39, 0.29) is 0 Å². The molecule has 0 aromatic heterocycles. The maximum absolute atomic E-state index is 5.67. The maximum Gasteiger partial charge on any atom is 0.123 e. The monoisotopic (exact) mass is 333 g/mol. The van der Waals surface area contributed by atoms with E-state index in [1.807, 2.05) is 25.1 Å². The fourth-order valence-corrected chi connectivity index (χ4v) is 2.51. The van der Waals surface area contributed by atoms with Crippen molar-refractivity contribution in [2.75, 3.05) is 6.61 Å². The molecule has 0 bridgehead atoms. The zero-order chi connectivity index (χ0) is 14.4. The molecule has 3 heteroatoms. The maximum atomic E-state index is 5.67. The first-order valence-corrected chi connectivity index (χ1v) is 7.69. The van der Waals surface area contributed by atoms with Gasteiger partial charge in [-0.2, -0.15) is 0 Å². The summed E-state index contributed by atoms with van der Waals surface area (Å²) in [5.41, 5.74) is 2.46. The molecule has 1 unspecified atom stereocenters. The second kappa shape index (κ2) is 7.46. The highest BCUT2D eigenvalue weighted by molar-refractivity contribution is 9.10. The smallest absolute Gasteiger partial charge is 0.123 e. The molecular weight excluding hydrogens is 314 g/mol. The second-order valence-electron chi connectivity index (χ2n) is 4.70. The minimum atomic E-state index is 0.310. The van der Waals surface area contributed by atoms with E-state index in [1.165, 1.54) is 11.1 Å². The van der Waals surface area contributed by atoms with Crippen LogP contribution in [0, 0.1) is 0 Å². The van der Waals surface area contributed by atoms with Crippen LogP contribution in [0.5, 0.6) is 5.75 Å². The predicted molar refractivity (Wildman–Crippen MR) is 87.0 cm³/mol. The van der Waals surface area contributed by atoms with E-state index in [4.69, 9.17) is 4.74 Å². The Hall–Kier alpha value is -1.32. The van der Waals surface area contributed by atoms with Gasteiger partial charge < -0.3 is 10.1 Å². The molecule has 0 aliphatic heterocycles. The van der Waals surface area contributed by atoms with Crippen LogP contribution in [0.4, 0.5) is 0 Å². The fraction of sp³-hybridized carbons (Fsp3) is 0.294. The number of ether oxygens (including phenoxy) is 1. The Morgan fingerprint density at radius 2 is 1.90 bits per heavy atom. The van der Waals surface area contributed by atoms with E-state index in [2.05, 4.69) is 58.5 Å². The van der Waals surface area contributed by atoms with Crippen LogP contribution in [-0.2, 0) is 6.54 Å². The zero-order valence-electron chi connectivity index (χ0n) is 11.9. The molecule has 20 heavy (non-hydrogen) atoms. The lowest BCUT2D eigenvalue weighted by Gasteiger charge is -2.16. The van der Waals surface area contributed by atoms with Gasteiger partial charge in [-0.3, -0.25) is 0 Å². The van der Waals surface area contributed by atoms with Crippen molar-refractivity contribution < 1.29 is 4.74 Å². The van der Waals surface area contributed by atoms with Crippen LogP contribution in [0.15, 0.2) is 53.0 Å². The molecule has 0 aliphatic carbocycles. The van der Waals surface area contributed by atoms with Crippen molar-refractivity contribution in [2.45, 2.75) is 26.4 Å². The normalized spacial score (nSPS) is 12.2. The summed E-state index contributed by atoms with van der Waals surface area (Å²) >= 11 is 3.52. The number of rotatable bonds is 6. The van der Waals surface area contributed by atoms with Gasteiger partial charge in [-0.05, 0) is 37.6 Å². The molecule has 0 saturated heterocycles. The van der Waals surface area contributed by atoms with Crippen molar-refractivity contribution in [1.29, 1.82) is 0 Å². The fourth-order valence-electron chi connectivity index (χ4n) is 2.11. The van der Waals surface area contributed by atoms with Gasteiger partial charge in [0.15, 0.2) is 0 Å². The van der Waals surface area contributed by atoms with Crippen molar-refractivity contribution in [3.05, 3.63) is 64.1 Å². The third-order valence-corrected chi connectivity index (χ3v) is 3.71. The van der Waals surface area contributed by atoms with Gasteiger partial charge in [-0.1, -0.05) is 46.3 Å². The molecule has 2 aromatic rings. The van der Waals surface area contributed by atoms with Crippen LogP contribution in [0.25, 0.3) is 0 Å². The molecule has 106 valence electrons. The first kappa shape index (κ1) is 15.1. The highest BCUT2D eigenvalue weighted by atomic mass is 79.9. The Labute approximate surface area is 129 Å². The van der Waals surface area contributed by atoms with Gasteiger partial charge in [-0.25, -0.2) is 0 Å². The average Bonchev–Trinajstić information content (AvgIpc) is 2.48. The highest BCUT2D eigenvalue weighted by Crippen LogP contribution is 2.24. The van der Waals surface area contributed by atoms with Gasteiger partial charge in [-0.15, -0.1) is 0 Å². The average molecular weight is 334 g/mol. The summed E-state index contributed by atoms with van der Waals surface area (Å²) in [6, 6.07) is 16.9. The molecule has 0 aliphatic rings. The van der Waals surface area contributed by atoms with E-state index >= 15 is 0 Å². The van der Waals surface area contributed by atoms with Gasteiger partial charge in [0.25, 0.3) is 0 Å². The molecule has 0 saturated carbocycles. The van der Waals surface area contributed by atoms with Crippen LogP contribution in [0.2, 0.25) is 0 Å². The molecule has 2 nitrogen and oxygen atoms in total. The molecule has 0 amide bonds. The van der Waals surface area contributed by atoms with Crippen LogP contribution in [0.3, 0.4) is 0 Å². The van der Waals surface area contributed by atoms with E-state index in [0.29, 0.717) is 12.6 Å². The lowest BCUT2D eigenvalue weighted by molar-refractivity contribution is 0.335. The summed E-state index contributed by atoms with van der Waals surface area (Å²) in [6.45, 7) is 5.65. The molecule has 0 radical (unpaired) electrons. The summed E-state index contributed by atoms with van der Waals surface area (Å²) < 4.78 is 6.74.